The third-order valence-corrected chi connectivity index (χ3v) is 3.72. The Hall–Kier alpha value is -3.07. The first-order chi connectivity index (χ1) is 12.9. The van der Waals surface area contributed by atoms with Crippen molar-refractivity contribution in [3.63, 3.8) is 0 Å². The maximum absolute atomic E-state index is 13.7. The number of nitrogens with zero attached hydrogens (tertiary/aromatic N) is 2. The second-order valence-corrected chi connectivity index (χ2v) is 5.68. The van der Waals surface area contributed by atoms with Gasteiger partial charge in [0.25, 0.3) is 5.91 Å². The van der Waals surface area contributed by atoms with Crippen molar-refractivity contribution < 1.29 is 27.1 Å². The molecular formula is C17H10ClF4N3O2. The van der Waals surface area contributed by atoms with E-state index in [4.69, 9.17) is 16.3 Å². The Labute approximate surface area is 155 Å². The minimum Gasteiger partial charge on any atom is -0.471 e. The van der Waals surface area contributed by atoms with Gasteiger partial charge in [0.2, 0.25) is 0 Å². The normalized spacial score (nSPS) is 10.7. The fourth-order valence-electron chi connectivity index (χ4n) is 2.16. The van der Waals surface area contributed by atoms with Crippen molar-refractivity contribution >= 4 is 23.2 Å². The molecule has 1 amide bonds. The van der Waals surface area contributed by atoms with Crippen LogP contribution in [0, 0.1) is 23.3 Å². The molecule has 0 fully saturated rings. The van der Waals surface area contributed by atoms with Crippen LogP contribution in [0.5, 0.6) is 5.75 Å². The molecule has 3 aromatic rings. The molecule has 0 bridgehead atoms. The third-order valence-electron chi connectivity index (χ3n) is 3.47. The molecule has 10 heteroatoms. The zero-order valence-electron chi connectivity index (χ0n) is 13.3. The number of hydrogen-bond acceptors (Lipinski definition) is 3. The zero-order chi connectivity index (χ0) is 19.6. The van der Waals surface area contributed by atoms with Crippen molar-refractivity contribution in [2.75, 3.05) is 5.32 Å². The highest BCUT2D eigenvalue weighted by Gasteiger charge is 2.22. The lowest BCUT2D eigenvalue weighted by Crippen LogP contribution is -2.21. The van der Waals surface area contributed by atoms with Gasteiger partial charge in [-0.05, 0) is 30.3 Å². The smallest absolute Gasteiger partial charge is 0.274 e. The molecule has 140 valence electrons. The van der Waals surface area contributed by atoms with Gasteiger partial charge in [0.15, 0.2) is 30.0 Å². The fraction of sp³-hybridized carbons (Fsp3) is 0.0588. The molecule has 1 aromatic heterocycles. The number of carbonyl (C=O) groups excluding carboxylic acids is 1. The van der Waals surface area contributed by atoms with Gasteiger partial charge in [0.05, 0.1) is 0 Å². The molecule has 2 aromatic carbocycles. The van der Waals surface area contributed by atoms with Crippen molar-refractivity contribution in [2.24, 2.45) is 0 Å². The Morgan fingerprint density at radius 2 is 1.70 bits per heavy atom. The van der Waals surface area contributed by atoms with E-state index < -0.39 is 34.9 Å². The molecule has 0 aliphatic carbocycles. The average molecular weight is 400 g/mol. The molecule has 1 N–H and O–H groups in total. The third kappa shape index (κ3) is 4.03. The van der Waals surface area contributed by atoms with Crippen LogP contribution in [-0.4, -0.2) is 15.7 Å². The van der Waals surface area contributed by atoms with Gasteiger partial charge in [0.1, 0.15) is 17.1 Å². The Morgan fingerprint density at radius 3 is 2.33 bits per heavy atom. The standard InChI is InChI=1S/C17H10ClF4N3O2/c18-9-1-3-10(4-2-9)27-8-25-13(5-6-23-25)17(26)24-16-14(21)11(19)7-12(20)15(16)22/h1-7H,8H2,(H,24,26). The number of nitrogens with one attached hydrogen (secondary N) is 1. The van der Waals surface area contributed by atoms with Gasteiger partial charge in [0, 0.05) is 17.3 Å². The first kappa shape index (κ1) is 18.7. The highest BCUT2D eigenvalue weighted by molar-refractivity contribution is 6.30. The van der Waals surface area contributed by atoms with Crippen LogP contribution in [0.2, 0.25) is 5.02 Å². The van der Waals surface area contributed by atoms with Crippen LogP contribution in [0.15, 0.2) is 42.6 Å². The number of benzene rings is 2. The molecular weight excluding hydrogens is 390 g/mol. The number of amides is 1. The Balaban J connectivity index is 1.77. The Morgan fingerprint density at radius 1 is 1.07 bits per heavy atom. The molecule has 3 rings (SSSR count). The van der Waals surface area contributed by atoms with E-state index in [1.807, 2.05) is 0 Å². The topological polar surface area (TPSA) is 56.2 Å². The van der Waals surface area contributed by atoms with E-state index in [-0.39, 0.29) is 18.5 Å². The average Bonchev–Trinajstić information content (AvgIpc) is 3.12. The zero-order valence-corrected chi connectivity index (χ0v) is 14.1. The van der Waals surface area contributed by atoms with Crippen LogP contribution in [0.25, 0.3) is 0 Å². The van der Waals surface area contributed by atoms with E-state index >= 15 is 0 Å². The van der Waals surface area contributed by atoms with E-state index in [9.17, 15) is 22.4 Å². The molecule has 0 saturated heterocycles. The molecule has 0 aliphatic rings. The molecule has 0 aliphatic heterocycles. The van der Waals surface area contributed by atoms with Gasteiger partial charge in [-0.25, -0.2) is 22.2 Å². The SMILES string of the molecule is O=C(Nc1c(F)c(F)cc(F)c1F)c1ccnn1COc1ccc(Cl)cc1. The fourth-order valence-corrected chi connectivity index (χ4v) is 2.28. The Bertz CT molecular complexity index is 966. The van der Waals surface area contributed by atoms with Crippen molar-refractivity contribution in [3.8, 4) is 5.75 Å². The largest absolute Gasteiger partial charge is 0.471 e. The highest BCUT2D eigenvalue weighted by Crippen LogP contribution is 2.24. The minimum atomic E-state index is -1.72. The molecule has 0 unspecified atom stereocenters. The number of aromatic nitrogens is 2. The van der Waals surface area contributed by atoms with Crippen LogP contribution < -0.4 is 10.1 Å². The predicted molar refractivity (Wildman–Crippen MR) is 88.5 cm³/mol. The van der Waals surface area contributed by atoms with Gasteiger partial charge in [-0.15, -0.1) is 0 Å². The first-order valence-electron chi connectivity index (χ1n) is 7.41. The summed E-state index contributed by atoms with van der Waals surface area (Å²) in [7, 11) is 0. The molecule has 0 atom stereocenters. The van der Waals surface area contributed by atoms with Gasteiger partial charge in [-0.2, -0.15) is 5.10 Å². The number of anilines is 1. The van der Waals surface area contributed by atoms with Gasteiger partial charge in [-0.1, -0.05) is 11.6 Å². The second kappa shape index (κ2) is 7.67. The predicted octanol–water partition coefficient (Wildman–Crippen LogP) is 4.38. The van der Waals surface area contributed by atoms with Gasteiger partial charge < -0.3 is 10.1 Å². The molecule has 5 nitrogen and oxygen atoms in total. The monoisotopic (exact) mass is 399 g/mol. The molecule has 0 spiro atoms. The van der Waals surface area contributed by atoms with Crippen molar-refractivity contribution in [1.29, 1.82) is 0 Å². The van der Waals surface area contributed by atoms with Gasteiger partial charge in [-0.3, -0.25) is 4.79 Å². The van der Waals surface area contributed by atoms with E-state index in [0.29, 0.717) is 10.8 Å². The molecule has 1 heterocycles. The summed E-state index contributed by atoms with van der Waals surface area (Å²) in [6.45, 7) is -0.208. The highest BCUT2D eigenvalue weighted by atomic mass is 35.5. The number of halogens is 5. The van der Waals surface area contributed by atoms with E-state index in [2.05, 4.69) is 5.10 Å². The number of hydrogen-bond donors (Lipinski definition) is 1. The van der Waals surface area contributed by atoms with Crippen LogP contribution in [0.3, 0.4) is 0 Å². The lowest BCUT2D eigenvalue weighted by molar-refractivity contribution is 0.100. The summed E-state index contributed by atoms with van der Waals surface area (Å²) in [5.74, 6) is -7.30. The molecule has 27 heavy (non-hydrogen) atoms. The summed E-state index contributed by atoms with van der Waals surface area (Å²) < 4.78 is 60.4. The summed E-state index contributed by atoms with van der Waals surface area (Å²) in [6, 6.07) is 7.66. The van der Waals surface area contributed by atoms with Crippen LogP contribution >= 0.6 is 11.6 Å². The summed E-state index contributed by atoms with van der Waals surface area (Å²) in [5, 5.41) is 6.17. The van der Waals surface area contributed by atoms with E-state index in [1.165, 1.54) is 12.3 Å². The molecule has 0 radical (unpaired) electrons. The van der Waals surface area contributed by atoms with Crippen molar-refractivity contribution in [1.82, 2.24) is 9.78 Å². The van der Waals surface area contributed by atoms with Crippen molar-refractivity contribution in [3.05, 3.63) is 76.6 Å². The Kier molecular flexibility index (Phi) is 5.31. The molecule has 0 saturated carbocycles. The maximum atomic E-state index is 13.7. The minimum absolute atomic E-state index is 0.0462. The maximum Gasteiger partial charge on any atom is 0.274 e. The van der Waals surface area contributed by atoms with Gasteiger partial charge >= 0.3 is 0 Å². The summed E-state index contributed by atoms with van der Waals surface area (Å²) in [6.07, 6.45) is 1.25. The summed E-state index contributed by atoms with van der Waals surface area (Å²) in [5.41, 5.74) is -1.38. The number of carbonyl (C=O) groups is 1. The lowest BCUT2D eigenvalue weighted by Gasteiger charge is -2.11. The summed E-state index contributed by atoms with van der Waals surface area (Å²) in [4.78, 5) is 12.3. The second-order valence-electron chi connectivity index (χ2n) is 5.24. The van der Waals surface area contributed by atoms with Crippen LogP contribution in [0.1, 0.15) is 10.5 Å². The quantitative estimate of drug-likeness (QED) is 0.511. The van der Waals surface area contributed by atoms with E-state index in [0.717, 1.165) is 4.68 Å². The van der Waals surface area contributed by atoms with Crippen molar-refractivity contribution in [2.45, 2.75) is 6.73 Å². The van der Waals surface area contributed by atoms with Crippen LogP contribution in [0.4, 0.5) is 23.2 Å². The number of rotatable bonds is 5. The van der Waals surface area contributed by atoms with Crippen LogP contribution in [-0.2, 0) is 6.73 Å². The first-order valence-corrected chi connectivity index (χ1v) is 7.79. The van der Waals surface area contributed by atoms with E-state index in [1.54, 1.807) is 29.6 Å². The number of ether oxygens (including phenoxy) is 1. The lowest BCUT2D eigenvalue weighted by atomic mass is 10.2. The summed E-state index contributed by atoms with van der Waals surface area (Å²) >= 11 is 5.76.